The van der Waals surface area contributed by atoms with Crippen molar-refractivity contribution in [1.29, 1.82) is 0 Å². The molecule has 2 atom stereocenters. The van der Waals surface area contributed by atoms with Crippen LogP contribution in [0.25, 0.3) is 22.7 Å². The van der Waals surface area contributed by atoms with E-state index in [2.05, 4.69) is 4.98 Å². The first-order chi connectivity index (χ1) is 18.3. The van der Waals surface area contributed by atoms with Gasteiger partial charge in [0.1, 0.15) is 5.52 Å². The molecule has 0 saturated heterocycles. The highest BCUT2D eigenvalue weighted by Crippen LogP contribution is 2.42. The molecule has 0 saturated carbocycles. The second kappa shape index (κ2) is 8.88. The molecule has 2 aromatic heterocycles. The SMILES string of the molecule is C[C@@H]1CN(c2nc(-c3nc4ccccc4o3)c(O)c(=O)n2C)[C@H](c2ccccc2)c2ccc(C(=O)O)cc21. The molecule has 3 heterocycles. The summed E-state index contributed by atoms with van der Waals surface area (Å²) < 4.78 is 7.16. The molecule has 2 N–H and O–H groups in total. The first-order valence-electron chi connectivity index (χ1n) is 12.2. The number of nitrogens with zero attached hydrogens (tertiary/aromatic N) is 4. The quantitative estimate of drug-likeness (QED) is 0.358. The summed E-state index contributed by atoms with van der Waals surface area (Å²) in [5, 5.41) is 20.4. The lowest BCUT2D eigenvalue weighted by atomic mass is 9.82. The summed E-state index contributed by atoms with van der Waals surface area (Å²) in [6.45, 7) is 2.46. The number of carboxylic acids is 1. The summed E-state index contributed by atoms with van der Waals surface area (Å²) in [5.74, 6) is -1.21. The number of hydrogen-bond donors (Lipinski definition) is 2. The van der Waals surface area contributed by atoms with Gasteiger partial charge in [-0.3, -0.25) is 9.36 Å². The highest BCUT2D eigenvalue weighted by atomic mass is 16.4. The number of aromatic carboxylic acids is 1. The number of oxazole rings is 1. The molecule has 0 bridgehead atoms. The first kappa shape index (κ1) is 23.5. The van der Waals surface area contributed by atoms with Gasteiger partial charge < -0.3 is 19.5 Å². The van der Waals surface area contributed by atoms with Crippen molar-refractivity contribution in [3.63, 3.8) is 0 Å². The highest BCUT2D eigenvalue weighted by Gasteiger charge is 2.36. The molecule has 0 fully saturated rings. The Labute approximate surface area is 217 Å². The van der Waals surface area contributed by atoms with Crippen LogP contribution >= 0.6 is 0 Å². The minimum atomic E-state index is -0.982. The maximum Gasteiger partial charge on any atom is 0.335 e. The highest BCUT2D eigenvalue weighted by molar-refractivity contribution is 5.88. The second-order valence-corrected chi connectivity index (χ2v) is 9.48. The molecule has 1 aliphatic heterocycles. The number of aromatic hydroxyl groups is 1. The van der Waals surface area contributed by atoms with E-state index in [0.717, 1.165) is 16.7 Å². The van der Waals surface area contributed by atoms with Gasteiger partial charge >= 0.3 is 5.97 Å². The average molecular weight is 509 g/mol. The Balaban J connectivity index is 1.57. The fourth-order valence-corrected chi connectivity index (χ4v) is 5.20. The van der Waals surface area contributed by atoms with Crippen LogP contribution in [-0.2, 0) is 7.05 Å². The van der Waals surface area contributed by atoms with Gasteiger partial charge in [-0.05, 0) is 46.9 Å². The predicted octanol–water partition coefficient (Wildman–Crippen LogP) is 4.71. The van der Waals surface area contributed by atoms with Crippen molar-refractivity contribution in [1.82, 2.24) is 14.5 Å². The molecule has 0 unspecified atom stereocenters. The van der Waals surface area contributed by atoms with Crippen molar-refractivity contribution < 1.29 is 19.4 Å². The predicted molar refractivity (Wildman–Crippen MR) is 142 cm³/mol. The number of aromatic nitrogens is 3. The third kappa shape index (κ3) is 3.71. The monoisotopic (exact) mass is 508 g/mol. The molecular formula is C29H24N4O5. The Bertz CT molecular complexity index is 1730. The molecule has 1 aliphatic rings. The summed E-state index contributed by atoms with van der Waals surface area (Å²) in [4.78, 5) is 36.1. The minimum absolute atomic E-state index is 0.0363. The average Bonchev–Trinajstić information content (AvgIpc) is 3.36. The molecule has 9 heteroatoms. The second-order valence-electron chi connectivity index (χ2n) is 9.48. The van der Waals surface area contributed by atoms with Gasteiger partial charge in [-0.2, -0.15) is 0 Å². The van der Waals surface area contributed by atoms with E-state index in [4.69, 9.17) is 9.40 Å². The van der Waals surface area contributed by atoms with E-state index in [0.29, 0.717) is 23.6 Å². The normalized spacial score (nSPS) is 16.9. The Kier molecular flexibility index (Phi) is 5.48. The molecular weight excluding hydrogens is 484 g/mol. The molecule has 0 spiro atoms. The van der Waals surface area contributed by atoms with Crippen molar-refractivity contribution in [2.45, 2.75) is 18.9 Å². The molecule has 0 amide bonds. The van der Waals surface area contributed by atoms with Crippen molar-refractivity contribution in [3.05, 3.63) is 105 Å². The van der Waals surface area contributed by atoms with Gasteiger partial charge in [-0.25, -0.2) is 14.8 Å². The zero-order valence-corrected chi connectivity index (χ0v) is 20.7. The zero-order valence-electron chi connectivity index (χ0n) is 20.7. The summed E-state index contributed by atoms with van der Waals surface area (Å²) in [6, 6.07) is 21.7. The van der Waals surface area contributed by atoms with Gasteiger partial charge in [0.2, 0.25) is 11.7 Å². The van der Waals surface area contributed by atoms with Gasteiger partial charge in [0.05, 0.1) is 11.6 Å². The maximum atomic E-state index is 13.2. The number of carboxylic acid groups (broad SMARTS) is 1. The van der Waals surface area contributed by atoms with Crippen molar-refractivity contribution in [3.8, 4) is 17.3 Å². The van der Waals surface area contributed by atoms with Crippen LogP contribution in [0.15, 0.2) is 82.0 Å². The third-order valence-electron chi connectivity index (χ3n) is 7.05. The number of para-hydroxylation sites is 2. The van der Waals surface area contributed by atoms with Crippen molar-refractivity contribution >= 4 is 23.0 Å². The molecule has 190 valence electrons. The summed E-state index contributed by atoms with van der Waals surface area (Å²) in [5.41, 5.74) is 3.47. The molecule has 9 nitrogen and oxygen atoms in total. The molecule has 0 radical (unpaired) electrons. The van der Waals surface area contributed by atoms with Crippen LogP contribution in [0.4, 0.5) is 5.95 Å². The minimum Gasteiger partial charge on any atom is -0.501 e. The van der Waals surface area contributed by atoms with Crippen LogP contribution in [0.1, 0.15) is 45.9 Å². The van der Waals surface area contributed by atoms with Crippen LogP contribution in [-0.4, -0.2) is 37.3 Å². The molecule has 38 heavy (non-hydrogen) atoms. The Hall–Kier alpha value is -4.92. The number of carbonyl (C=O) groups is 1. The number of hydrogen-bond acceptors (Lipinski definition) is 7. The van der Waals surface area contributed by atoms with E-state index >= 15 is 0 Å². The van der Waals surface area contributed by atoms with Crippen LogP contribution in [0.3, 0.4) is 0 Å². The van der Waals surface area contributed by atoms with Crippen LogP contribution in [0.2, 0.25) is 0 Å². The zero-order chi connectivity index (χ0) is 26.6. The topological polar surface area (TPSA) is 122 Å². The summed E-state index contributed by atoms with van der Waals surface area (Å²) in [7, 11) is 1.57. The number of rotatable bonds is 4. The number of fused-ring (bicyclic) bond motifs is 2. The lowest BCUT2D eigenvalue weighted by Crippen LogP contribution is -2.41. The van der Waals surface area contributed by atoms with Gasteiger partial charge in [0, 0.05) is 13.6 Å². The van der Waals surface area contributed by atoms with E-state index in [1.807, 2.05) is 60.4 Å². The van der Waals surface area contributed by atoms with Gasteiger partial charge in [0.15, 0.2) is 11.3 Å². The Morgan fingerprint density at radius 1 is 1.00 bits per heavy atom. The molecule has 0 aliphatic carbocycles. The summed E-state index contributed by atoms with van der Waals surface area (Å²) in [6.07, 6.45) is 0. The number of benzene rings is 3. The molecule has 3 aromatic carbocycles. The molecule has 5 aromatic rings. The van der Waals surface area contributed by atoms with Gasteiger partial charge in [0.25, 0.3) is 11.4 Å². The lowest BCUT2D eigenvalue weighted by Gasteiger charge is -2.42. The fourth-order valence-electron chi connectivity index (χ4n) is 5.20. The first-order valence-corrected chi connectivity index (χ1v) is 12.2. The van der Waals surface area contributed by atoms with Crippen LogP contribution < -0.4 is 10.5 Å². The van der Waals surface area contributed by atoms with E-state index in [1.54, 1.807) is 31.3 Å². The van der Waals surface area contributed by atoms with Crippen LogP contribution in [0.5, 0.6) is 5.75 Å². The standard InChI is InChI=1S/C29H24N4O5/c1-16-15-33(24(17-8-4-3-5-9-17)19-13-12-18(28(36)37)14-20(16)19)29-31-23(25(34)27(35)32(29)2)26-30-21-10-6-7-11-22(21)38-26/h3-14,16,24,34H,15H2,1-2H3,(H,36,37)/t16-,24-/m1/s1. The Morgan fingerprint density at radius 2 is 1.74 bits per heavy atom. The van der Waals surface area contributed by atoms with E-state index in [-0.39, 0.29) is 29.1 Å². The van der Waals surface area contributed by atoms with Crippen LogP contribution in [0, 0.1) is 0 Å². The van der Waals surface area contributed by atoms with E-state index in [1.165, 1.54) is 4.57 Å². The fraction of sp³-hybridized carbons (Fsp3) is 0.172. The smallest absolute Gasteiger partial charge is 0.335 e. The largest absolute Gasteiger partial charge is 0.501 e. The van der Waals surface area contributed by atoms with Crippen molar-refractivity contribution in [2.24, 2.45) is 7.05 Å². The van der Waals surface area contributed by atoms with Gasteiger partial charge in [-0.15, -0.1) is 0 Å². The van der Waals surface area contributed by atoms with E-state index in [9.17, 15) is 19.8 Å². The van der Waals surface area contributed by atoms with Crippen molar-refractivity contribution in [2.75, 3.05) is 11.4 Å². The third-order valence-corrected chi connectivity index (χ3v) is 7.05. The molecule has 6 rings (SSSR count). The maximum absolute atomic E-state index is 13.2. The lowest BCUT2D eigenvalue weighted by molar-refractivity contribution is 0.0696. The Morgan fingerprint density at radius 3 is 2.47 bits per heavy atom. The van der Waals surface area contributed by atoms with E-state index < -0.39 is 17.3 Å². The van der Waals surface area contributed by atoms with Gasteiger partial charge in [-0.1, -0.05) is 55.5 Å². The number of anilines is 1. The summed E-state index contributed by atoms with van der Waals surface area (Å²) >= 11 is 0.